The van der Waals surface area contributed by atoms with Crippen molar-refractivity contribution in [3.63, 3.8) is 0 Å². The van der Waals surface area contributed by atoms with Gasteiger partial charge in [0.2, 0.25) is 0 Å². The van der Waals surface area contributed by atoms with Gasteiger partial charge in [-0.2, -0.15) is 5.06 Å². The molecule has 0 aliphatic carbocycles. The maximum absolute atomic E-state index is 11.8. The van der Waals surface area contributed by atoms with E-state index in [1.807, 2.05) is 0 Å². The van der Waals surface area contributed by atoms with Crippen LogP contribution in [0.3, 0.4) is 0 Å². The van der Waals surface area contributed by atoms with Crippen molar-refractivity contribution in [2.75, 3.05) is 7.05 Å². The lowest BCUT2D eigenvalue weighted by Gasteiger charge is -2.19. The molecule has 0 aliphatic rings. The molecule has 0 radical (unpaired) electrons. The van der Waals surface area contributed by atoms with E-state index in [9.17, 15) is 9.59 Å². The van der Waals surface area contributed by atoms with E-state index < -0.39 is 5.97 Å². The number of amides is 1. The van der Waals surface area contributed by atoms with Crippen LogP contribution in [0.2, 0.25) is 0 Å². The molecule has 0 aliphatic heterocycles. The van der Waals surface area contributed by atoms with Gasteiger partial charge >= 0.3 is 5.97 Å². The molecule has 0 N–H and O–H groups in total. The summed E-state index contributed by atoms with van der Waals surface area (Å²) in [6, 6.07) is 8.54. The number of benzene rings is 1. The highest BCUT2D eigenvalue weighted by Crippen LogP contribution is 2.09. The van der Waals surface area contributed by atoms with Crippen molar-refractivity contribution in [1.82, 2.24) is 5.06 Å². The van der Waals surface area contributed by atoms with Crippen LogP contribution in [0.1, 0.15) is 23.7 Å². The molecule has 1 aromatic carbocycles. The summed E-state index contributed by atoms with van der Waals surface area (Å²) in [6.07, 6.45) is 2.21. The largest absolute Gasteiger partial charge is 0.363 e. The van der Waals surface area contributed by atoms with Gasteiger partial charge in [0.05, 0.1) is 5.56 Å². The Hall–Kier alpha value is -2.10. The second-order valence-corrected chi connectivity index (χ2v) is 4.01. The Labute approximate surface area is 107 Å². The van der Waals surface area contributed by atoms with Gasteiger partial charge in [0.15, 0.2) is 0 Å². The van der Waals surface area contributed by atoms with Crippen LogP contribution in [0.15, 0.2) is 43.0 Å². The van der Waals surface area contributed by atoms with Crippen LogP contribution in [-0.2, 0) is 9.63 Å². The van der Waals surface area contributed by atoms with Gasteiger partial charge in [-0.3, -0.25) is 4.79 Å². The lowest BCUT2D eigenvalue weighted by molar-refractivity contribution is -0.165. The number of allylic oxidation sites excluding steroid dienone is 1. The number of rotatable bonds is 4. The Balaban J connectivity index is 2.59. The summed E-state index contributed by atoms with van der Waals surface area (Å²) in [7, 11) is 1.43. The van der Waals surface area contributed by atoms with E-state index in [4.69, 9.17) is 4.84 Å². The fourth-order valence-corrected chi connectivity index (χ4v) is 1.46. The van der Waals surface area contributed by atoms with Crippen molar-refractivity contribution < 1.29 is 14.4 Å². The Morgan fingerprint density at radius 3 is 2.56 bits per heavy atom. The summed E-state index contributed by atoms with van der Waals surface area (Å²) in [4.78, 5) is 28.5. The normalized spacial score (nSPS) is 11.4. The van der Waals surface area contributed by atoms with Crippen molar-refractivity contribution in [2.45, 2.75) is 13.3 Å². The fourth-order valence-electron chi connectivity index (χ4n) is 1.46. The van der Waals surface area contributed by atoms with Crippen molar-refractivity contribution in [1.29, 1.82) is 0 Å². The average Bonchev–Trinajstić information content (AvgIpc) is 2.39. The predicted molar refractivity (Wildman–Crippen MR) is 68.6 cm³/mol. The smallest absolute Gasteiger partial charge is 0.333 e. The van der Waals surface area contributed by atoms with Crippen LogP contribution in [-0.4, -0.2) is 24.0 Å². The predicted octanol–water partition coefficient (Wildman–Crippen LogP) is 2.43. The van der Waals surface area contributed by atoms with E-state index in [1.165, 1.54) is 7.05 Å². The summed E-state index contributed by atoms with van der Waals surface area (Å²) >= 11 is 0. The maximum atomic E-state index is 11.8. The maximum Gasteiger partial charge on any atom is 0.363 e. The second kappa shape index (κ2) is 6.59. The zero-order valence-electron chi connectivity index (χ0n) is 10.6. The van der Waals surface area contributed by atoms with Crippen molar-refractivity contribution in [2.24, 2.45) is 5.92 Å². The molecule has 0 aromatic heterocycles. The average molecular weight is 247 g/mol. The monoisotopic (exact) mass is 247 g/mol. The van der Waals surface area contributed by atoms with Gasteiger partial charge in [0, 0.05) is 13.0 Å². The van der Waals surface area contributed by atoms with Crippen LogP contribution >= 0.6 is 0 Å². The van der Waals surface area contributed by atoms with Crippen LogP contribution in [0.5, 0.6) is 0 Å². The van der Waals surface area contributed by atoms with E-state index in [2.05, 4.69) is 6.58 Å². The molecule has 1 amide bonds. The first-order chi connectivity index (χ1) is 8.56. The summed E-state index contributed by atoms with van der Waals surface area (Å²) < 4.78 is 0. The van der Waals surface area contributed by atoms with Gasteiger partial charge in [-0.25, -0.2) is 4.79 Å². The van der Waals surface area contributed by atoms with Gasteiger partial charge in [-0.05, 0) is 18.6 Å². The molecule has 0 heterocycles. The van der Waals surface area contributed by atoms with Gasteiger partial charge in [0.1, 0.15) is 0 Å². The molecule has 0 fully saturated rings. The van der Waals surface area contributed by atoms with Gasteiger partial charge in [-0.1, -0.05) is 31.2 Å². The number of carbonyl (C=O) groups is 2. The van der Waals surface area contributed by atoms with Crippen molar-refractivity contribution in [3.05, 3.63) is 48.6 Å². The zero-order chi connectivity index (χ0) is 13.5. The summed E-state index contributed by atoms with van der Waals surface area (Å²) in [5.41, 5.74) is 0.411. The molecule has 1 aromatic rings. The van der Waals surface area contributed by atoms with Crippen LogP contribution < -0.4 is 0 Å². The highest BCUT2D eigenvalue weighted by atomic mass is 16.7. The van der Waals surface area contributed by atoms with Gasteiger partial charge in [0.25, 0.3) is 5.91 Å². The van der Waals surface area contributed by atoms with E-state index in [0.29, 0.717) is 12.0 Å². The zero-order valence-corrected chi connectivity index (χ0v) is 10.6. The molecule has 0 spiro atoms. The van der Waals surface area contributed by atoms with E-state index in [-0.39, 0.29) is 11.8 Å². The summed E-state index contributed by atoms with van der Waals surface area (Å²) in [5, 5.41) is 0.976. The lowest BCUT2D eigenvalue weighted by atomic mass is 10.1. The minimum atomic E-state index is -0.544. The molecule has 18 heavy (non-hydrogen) atoms. The second-order valence-electron chi connectivity index (χ2n) is 4.01. The third-order valence-electron chi connectivity index (χ3n) is 2.48. The Kier molecular flexibility index (Phi) is 5.11. The molecule has 0 saturated heterocycles. The van der Waals surface area contributed by atoms with Crippen molar-refractivity contribution in [3.8, 4) is 0 Å². The topological polar surface area (TPSA) is 46.6 Å². The number of hydroxylamine groups is 2. The minimum Gasteiger partial charge on any atom is -0.333 e. The minimum absolute atomic E-state index is 0.251. The molecule has 0 saturated carbocycles. The third-order valence-corrected chi connectivity index (χ3v) is 2.48. The highest BCUT2D eigenvalue weighted by Gasteiger charge is 2.20. The molecule has 0 bridgehead atoms. The number of hydrogen-bond donors (Lipinski definition) is 0. The number of hydrogen-bond acceptors (Lipinski definition) is 3. The van der Waals surface area contributed by atoms with E-state index in [1.54, 1.807) is 43.3 Å². The quantitative estimate of drug-likeness (QED) is 0.606. The molecule has 1 rings (SSSR count). The first-order valence-electron chi connectivity index (χ1n) is 5.72. The summed E-state index contributed by atoms with van der Waals surface area (Å²) in [5.74, 6) is -1.05. The molecule has 96 valence electrons. The van der Waals surface area contributed by atoms with E-state index >= 15 is 0 Å². The van der Waals surface area contributed by atoms with Gasteiger partial charge < -0.3 is 4.84 Å². The first-order valence-corrected chi connectivity index (χ1v) is 5.72. The molecule has 4 heteroatoms. The molecule has 1 atom stereocenters. The molecule has 1 unspecified atom stereocenters. The van der Waals surface area contributed by atoms with Gasteiger partial charge in [-0.15, -0.1) is 6.58 Å². The highest BCUT2D eigenvalue weighted by molar-refractivity contribution is 5.90. The van der Waals surface area contributed by atoms with Crippen LogP contribution in [0.25, 0.3) is 0 Å². The van der Waals surface area contributed by atoms with E-state index in [0.717, 1.165) is 5.06 Å². The fraction of sp³-hybridized carbons (Fsp3) is 0.286. The van der Waals surface area contributed by atoms with Crippen LogP contribution in [0, 0.1) is 5.92 Å². The molecular weight excluding hydrogens is 230 g/mol. The summed E-state index contributed by atoms with van der Waals surface area (Å²) in [6.45, 7) is 5.33. The first kappa shape index (κ1) is 14.0. The molecular formula is C14H17NO3. The number of nitrogens with zero attached hydrogens (tertiary/aromatic N) is 1. The standard InChI is InChI=1S/C14H17NO3/c1-4-8-11(2)13(16)15(3)18-14(17)12-9-6-5-7-10-12/h4-7,9-11H,1,8H2,2-3H3. The van der Waals surface area contributed by atoms with Crippen LogP contribution in [0.4, 0.5) is 0 Å². The third kappa shape index (κ3) is 3.73. The lowest BCUT2D eigenvalue weighted by Crippen LogP contribution is -2.33. The Morgan fingerprint density at radius 1 is 1.39 bits per heavy atom. The Bertz CT molecular complexity index is 428. The SMILES string of the molecule is C=CCC(C)C(=O)N(C)OC(=O)c1ccccc1. The number of carbonyl (C=O) groups excluding carboxylic acids is 2. The molecule has 4 nitrogen and oxygen atoms in total. The van der Waals surface area contributed by atoms with Crippen molar-refractivity contribution >= 4 is 11.9 Å². The Morgan fingerprint density at radius 2 is 2.00 bits per heavy atom.